The molecule has 0 unspecified atom stereocenters. The standard InChI is InChI=1S/C15H11N3O3S/c1-9-17-13-12(6-7-22-13)14(19)18(9)16-8-10-2-4-11(5-3-10)15(20)21/h2-8H,1H3,(H,20,21)/p-1/b16-8-. The van der Waals surface area contributed by atoms with Crippen molar-refractivity contribution in [3.63, 3.8) is 0 Å². The quantitative estimate of drug-likeness (QED) is 0.675. The number of benzene rings is 1. The summed E-state index contributed by atoms with van der Waals surface area (Å²) < 4.78 is 1.22. The Labute approximate surface area is 129 Å². The van der Waals surface area contributed by atoms with E-state index in [4.69, 9.17) is 0 Å². The molecule has 22 heavy (non-hydrogen) atoms. The predicted molar refractivity (Wildman–Crippen MR) is 82.4 cm³/mol. The Balaban J connectivity index is 1.98. The van der Waals surface area contributed by atoms with Crippen molar-refractivity contribution in [2.75, 3.05) is 0 Å². The summed E-state index contributed by atoms with van der Waals surface area (Å²) in [6, 6.07) is 7.74. The normalized spacial score (nSPS) is 11.3. The van der Waals surface area contributed by atoms with Crippen LogP contribution in [0.1, 0.15) is 21.7 Å². The Morgan fingerprint density at radius 3 is 2.73 bits per heavy atom. The number of carbonyl (C=O) groups excluding carboxylic acids is 1. The van der Waals surface area contributed by atoms with Crippen molar-refractivity contribution in [3.8, 4) is 0 Å². The number of aromatic nitrogens is 2. The highest BCUT2D eigenvalue weighted by molar-refractivity contribution is 7.16. The first kappa shape index (κ1) is 14.2. The van der Waals surface area contributed by atoms with Crippen LogP contribution in [0.2, 0.25) is 0 Å². The van der Waals surface area contributed by atoms with Crippen molar-refractivity contribution in [1.82, 2.24) is 9.66 Å². The molecule has 2 aromatic heterocycles. The average Bonchev–Trinajstić information content (AvgIpc) is 2.96. The van der Waals surface area contributed by atoms with Crippen LogP contribution in [-0.4, -0.2) is 21.8 Å². The molecule has 0 saturated heterocycles. The van der Waals surface area contributed by atoms with Gasteiger partial charge in [-0.2, -0.15) is 9.78 Å². The van der Waals surface area contributed by atoms with E-state index in [0.717, 1.165) is 0 Å². The third-order valence-corrected chi connectivity index (χ3v) is 3.91. The van der Waals surface area contributed by atoms with Gasteiger partial charge in [0.2, 0.25) is 0 Å². The number of carboxylic acid groups (broad SMARTS) is 1. The number of carboxylic acids is 1. The molecule has 7 heteroatoms. The number of hydrogen-bond donors (Lipinski definition) is 0. The lowest BCUT2D eigenvalue weighted by Crippen LogP contribution is -2.22. The molecule has 0 atom stereocenters. The number of rotatable bonds is 3. The molecular weight excluding hydrogens is 302 g/mol. The molecule has 0 aliphatic carbocycles. The highest BCUT2D eigenvalue weighted by Crippen LogP contribution is 2.14. The van der Waals surface area contributed by atoms with E-state index in [1.54, 1.807) is 25.1 Å². The molecule has 0 N–H and O–H groups in total. The Kier molecular flexibility index (Phi) is 3.56. The first-order valence-corrected chi connectivity index (χ1v) is 7.27. The molecule has 0 aliphatic heterocycles. The van der Waals surface area contributed by atoms with E-state index in [0.29, 0.717) is 21.6 Å². The lowest BCUT2D eigenvalue weighted by molar-refractivity contribution is -0.255. The van der Waals surface area contributed by atoms with Gasteiger partial charge in [-0.1, -0.05) is 24.3 Å². The molecule has 1 aromatic carbocycles. The zero-order chi connectivity index (χ0) is 15.7. The van der Waals surface area contributed by atoms with Gasteiger partial charge in [0, 0.05) is 0 Å². The molecule has 0 radical (unpaired) electrons. The van der Waals surface area contributed by atoms with Gasteiger partial charge in [0.15, 0.2) is 0 Å². The molecule has 6 nitrogen and oxygen atoms in total. The van der Waals surface area contributed by atoms with Crippen molar-refractivity contribution in [3.05, 3.63) is 63.0 Å². The highest BCUT2D eigenvalue weighted by atomic mass is 32.1. The van der Waals surface area contributed by atoms with E-state index < -0.39 is 5.97 Å². The molecule has 3 rings (SSSR count). The fourth-order valence-corrected chi connectivity index (χ4v) is 2.77. The second-order valence-corrected chi connectivity index (χ2v) is 5.46. The highest BCUT2D eigenvalue weighted by Gasteiger charge is 2.07. The van der Waals surface area contributed by atoms with Crippen LogP contribution in [0.5, 0.6) is 0 Å². The number of nitrogens with zero attached hydrogens (tertiary/aromatic N) is 3. The summed E-state index contributed by atoms with van der Waals surface area (Å²) >= 11 is 1.41. The van der Waals surface area contributed by atoms with Crippen LogP contribution in [0.4, 0.5) is 0 Å². The van der Waals surface area contributed by atoms with E-state index in [-0.39, 0.29) is 11.1 Å². The first-order valence-electron chi connectivity index (χ1n) is 6.39. The molecule has 0 fully saturated rings. The van der Waals surface area contributed by atoms with Gasteiger partial charge < -0.3 is 9.90 Å². The van der Waals surface area contributed by atoms with Crippen LogP contribution in [-0.2, 0) is 0 Å². The molecule has 0 spiro atoms. The second-order valence-electron chi connectivity index (χ2n) is 4.57. The zero-order valence-corrected chi connectivity index (χ0v) is 12.3. The zero-order valence-electron chi connectivity index (χ0n) is 11.5. The maximum Gasteiger partial charge on any atom is 0.282 e. The SMILES string of the molecule is Cc1nc2sccc2c(=O)n1/N=C\c1ccc(C(=O)[O-])cc1. The lowest BCUT2D eigenvalue weighted by atomic mass is 10.1. The summed E-state index contributed by atoms with van der Waals surface area (Å²) in [6.45, 7) is 1.71. The van der Waals surface area contributed by atoms with Gasteiger partial charge in [0.25, 0.3) is 5.56 Å². The van der Waals surface area contributed by atoms with E-state index in [1.807, 2.05) is 5.38 Å². The Bertz CT molecular complexity index is 939. The number of fused-ring (bicyclic) bond motifs is 1. The maximum absolute atomic E-state index is 12.3. The molecule has 0 bridgehead atoms. The minimum Gasteiger partial charge on any atom is -0.545 e. The van der Waals surface area contributed by atoms with Gasteiger partial charge in [0.1, 0.15) is 10.7 Å². The second kappa shape index (κ2) is 5.53. The molecule has 0 aliphatic rings. The van der Waals surface area contributed by atoms with Crippen LogP contribution >= 0.6 is 11.3 Å². The summed E-state index contributed by atoms with van der Waals surface area (Å²) in [4.78, 5) is 28.0. The monoisotopic (exact) mass is 312 g/mol. The van der Waals surface area contributed by atoms with Crippen LogP contribution in [0.15, 0.2) is 45.6 Å². The number of carbonyl (C=O) groups is 1. The van der Waals surface area contributed by atoms with Gasteiger partial charge in [-0.25, -0.2) is 4.98 Å². The van der Waals surface area contributed by atoms with Crippen LogP contribution in [0, 0.1) is 6.92 Å². The lowest BCUT2D eigenvalue weighted by Gasteiger charge is -2.03. The third kappa shape index (κ3) is 2.53. The van der Waals surface area contributed by atoms with Gasteiger partial charge in [-0.15, -0.1) is 11.3 Å². The summed E-state index contributed by atoms with van der Waals surface area (Å²) in [5.74, 6) is -0.745. The summed E-state index contributed by atoms with van der Waals surface area (Å²) in [5, 5.41) is 17.2. The number of aromatic carboxylic acids is 1. The molecule has 110 valence electrons. The van der Waals surface area contributed by atoms with E-state index >= 15 is 0 Å². The van der Waals surface area contributed by atoms with Crippen molar-refractivity contribution < 1.29 is 9.90 Å². The van der Waals surface area contributed by atoms with Crippen molar-refractivity contribution in [1.29, 1.82) is 0 Å². The minimum atomic E-state index is -1.23. The van der Waals surface area contributed by atoms with Crippen molar-refractivity contribution in [2.45, 2.75) is 6.92 Å². The number of hydrogen-bond acceptors (Lipinski definition) is 6. The predicted octanol–water partition coefficient (Wildman–Crippen LogP) is 1.01. The largest absolute Gasteiger partial charge is 0.545 e. The minimum absolute atomic E-state index is 0.0897. The third-order valence-electron chi connectivity index (χ3n) is 3.11. The smallest absolute Gasteiger partial charge is 0.282 e. The van der Waals surface area contributed by atoms with E-state index in [2.05, 4.69) is 10.1 Å². The number of thiophene rings is 1. The van der Waals surface area contributed by atoms with Gasteiger partial charge >= 0.3 is 0 Å². The Morgan fingerprint density at radius 2 is 2.05 bits per heavy atom. The van der Waals surface area contributed by atoms with E-state index in [9.17, 15) is 14.7 Å². The summed E-state index contributed by atoms with van der Waals surface area (Å²) in [5.41, 5.74) is 0.528. The molecule has 2 heterocycles. The van der Waals surface area contributed by atoms with Gasteiger partial charge in [-0.05, 0) is 29.5 Å². The topological polar surface area (TPSA) is 87.4 Å². The number of aryl methyl sites for hydroxylation is 1. The Hall–Kier alpha value is -2.80. The summed E-state index contributed by atoms with van der Waals surface area (Å²) in [7, 11) is 0. The van der Waals surface area contributed by atoms with Crippen LogP contribution in [0.25, 0.3) is 10.2 Å². The fraction of sp³-hybridized carbons (Fsp3) is 0.0667. The Morgan fingerprint density at radius 1 is 1.32 bits per heavy atom. The molecule has 0 amide bonds. The van der Waals surface area contributed by atoms with Crippen molar-refractivity contribution in [2.24, 2.45) is 5.10 Å². The van der Waals surface area contributed by atoms with Crippen molar-refractivity contribution >= 4 is 33.7 Å². The van der Waals surface area contributed by atoms with Gasteiger partial charge in [0.05, 0.1) is 17.6 Å². The molecule has 0 saturated carbocycles. The molecular formula is C15H10N3O3S-. The maximum atomic E-state index is 12.3. The van der Waals surface area contributed by atoms with Gasteiger partial charge in [-0.3, -0.25) is 4.79 Å². The molecule has 3 aromatic rings. The fourth-order valence-electron chi connectivity index (χ4n) is 1.97. The summed E-state index contributed by atoms with van der Waals surface area (Å²) in [6.07, 6.45) is 1.48. The van der Waals surface area contributed by atoms with Crippen LogP contribution in [0.3, 0.4) is 0 Å². The first-order chi connectivity index (χ1) is 10.6. The van der Waals surface area contributed by atoms with E-state index in [1.165, 1.54) is 34.4 Å². The average molecular weight is 312 g/mol. The van der Waals surface area contributed by atoms with Crippen LogP contribution < -0.4 is 10.7 Å².